The van der Waals surface area contributed by atoms with Crippen molar-refractivity contribution in [3.8, 4) is 22.0 Å². The minimum absolute atomic E-state index is 0.150. The number of hydrogen-bond donors (Lipinski definition) is 1. The van der Waals surface area contributed by atoms with Crippen LogP contribution in [0, 0.1) is 6.92 Å². The van der Waals surface area contributed by atoms with Gasteiger partial charge in [0.05, 0.1) is 16.4 Å². The van der Waals surface area contributed by atoms with E-state index in [1.54, 1.807) is 35.0 Å². The lowest BCUT2D eigenvalue weighted by Crippen LogP contribution is -2.32. The predicted octanol–water partition coefficient (Wildman–Crippen LogP) is 4.16. The average molecular weight is 470 g/mol. The predicted molar refractivity (Wildman–Crippen MR) is 122 cm³/mol. The van der Waals surface area contributed by atoms with Crippen molar-refractivity contribution in [2.24, 2.45) is 0 Å². The van der Waals surface area contributed by atoms with E-state index in [0.29, 0.717) is 33.4 Å². The molecule has 3 aromatic heterocycles. The zero-order valence-electron chi connectivity index (χ0n) is 17.2. The van der Waals surface area contributed by atoms with Gasteiger partial charge in [-0.1, -0.05) is 41.0 Å². The van der Waals surface area contributed by atoms with Crippen LogP contribution in [0.5, 0.6) is 0 Å². The van der Waals surface area contributed by atoms with Crippen LogP contribution in [0.25, 0.3) is 22.0 Å². The average Bonchev–Trinajstić information content (AvgIpc) is 3.18. The van der Waals surface area contributed by atoms with Crippen LogP contribution in [0.15, 0.2) is 51.1 Å². The zero-order valence-corrected chi connectivity index (χ0v) is 18.8. The molecule has 0 unspecified atom stereocenters. The maximum atomic E-state index is 12.9. The SMILES string of the molecule is Cc1onc(-c2ccccc2Cl)c1C(=O)NCCn1nc(-c2cccs2)n(C2CC2)c1=O. The maximum absolute atomic E-state index is 12.9. The van der Waals surface area contributed by atoms with Gasteiger partial charge in [0.25, 0.3) is 5.91 Å². The second kappa shape index (κ2) is 8.40. The van der Waals surface area contributed by atoms with E-state index in [1.807, 2.05) is 29.6 Å². The van der Waals surface area contributed by atoms with E-state index in [1.165, 1.54) is 4.68 Å². The molecule has 164 valence electrons. The molecule has 4 aromatic rings. The van der Waals surface area contributed by atoms with E-state index < -0.39 is 0 Å². The second-order valence-electron chi connectivity index (χ2n) is 7.61. The summed E-state index contributed by atoms with van der Waals surface area (Å²) in [6.07, 6.45) is 1.97. The fourth-order valence-corrected chi connectivity index (χ4v) is 4.57. The summed E-state index contributed by atoms with van der Waals surface area (Å²) in [5.41, 5.74) is 1.19. The molecular formula is C22H20ClN5O3S. The summed E-state index contributed by atoms with van der Waals surface area (Å²) in [7, 11) is 0. The highest BCUT2D eigenvalue weighted by Gasteiger charge is 2.30. The van der Waals surface area contributed by atoms with E-state index in [9.17, 15) is 9.59 Å². The second-order valence-corrected chi connectivity index (χ2v) is 8.96. The summed E-state index contributed by atoms with van der Waals surface area (Å²) in [6.45, 7) is 2.17. The zero-order chi connectivity index (χ0) is 22.2. The van der Waals surface area contributed by atoms with E-state index in [2.05, 4.69) is 15.6 Å². The van der Waals surface area contributed by atoms with Crippen molar-refractivity contribution in [1.29, 1.82) is 0 Å². The van der Waals surface area contributed by atoms with Gasteiger partial charge in [-0.15, -0.1) is 16.4 Å². The first kappa shape index (κ1) is 20.7. The largest absolute Gasteiger partial charge is 0.360 e. The number of aryl methyl sites for hydroxylation is 1. The number of nitrogens with zero attached hydrogens (tertiary/aromatic N) is 4. The number of benzene rings is 1. The molecule has 0 saturated heterocycles. The number of rotatable bonds is 7. The van der Waals surface area contributed by atoms with Crippen LogP contribution in [-0.2, 0) is 6.54 Å². The molecule has 8 nitrogen and oxygen atoms in total. The molecule has 32 heavy (non-hydrogen) atoms. The van der Waals surface area contributed by atoms with E-state index in [0.717, 1.165) is 17.7 Å². The molecule has 1 aliphatic carbocycles. The highest BCUT2D eigenvalue weighted by Crippen LogP contribution is 2.37. The molecule has 1 amide bonds. The highest BCUT2D eigenvalue weighted by molar-refractivity contribution is 7.13. The minimum atomic E-state index is -0.341. The molecule has 1 fully saturated rings. The monoisotopic (exact) mass is 469 g/mol. The van der Waals surface area contributed by atoms with Crippen LogP contribution >= 0.6 is 22.9 Å². The molecule has 0 aliphatic heterocycles. The third-order valence-corrected chi connectivity index (χ3v) is 6.55. The fraction of sp³-hybridized carbons (Fsp3) is 0.273. The summed E-state index contributed by atoms with van der Waals surface area (Å²) in [5, 5.41) is 13.9. The number of halogens is 1. The summed E-state index contributed by atoms with van der Waals surface area (Å²) >= 11 is 7.83. The van der Waals surface area contributed by atoms with E-state index >= 15 is 0 Å². The van der Waals surface area contributed by atoms with Crippen LogP contribution in [0.2, 0.25) is 5.02 Å². The summed E-state index contributed by atoms with van der Waals surface area (Å²) in [5.74, 6) is 0.745. The topological polar surface area (TPSA) is 94.9 Å². The first-order chi connectivity index (χ1) is 15.5. The van der Waals surface area contributed by atoms with Gasteiger partial charge in [-0.05, 0) is 37.3 Å². The van der Waals surface area contributed by atoms with Crippen molar-refractivity contribution < 1.29 is 9.32 Å². The van der Waals surface area contributed by atoms with Gasteiger partial charge in [-0.2, -0.15) is 0 Å². The third kappa shape index (κ3) is 3.78. The van der Waals surface area contributed by atoms with Gasteiger partial charge in [0.15, 0.2) is 5.82 Å². The highest BCUT2D eigenvalue weighted by atomic mass is 35.5. The van der Waals surface area contributed by atoms with Gasteiger partial charge >= 0.3 is 5.69 Å². The van der Waals surface area contributed by atoms with Crippen LogP contribution in [-0.4, -0.2) is 32.0 Å². The molecule has 1 N–H and O–H groups in total. The molecule has 5 rings (SSSR count). The Morgan fingerprint density at radius 2 is 2.09 bits per heavy atom. The maximum Gasteiger partial charge on any atom is 0.346 e. The number of hydrogen-bond acceptors (Lipinski definition) is 6. The fourth-order valence-electron chi connectivity index (χ4n) is 3.64. The molecule has 0 spiro atoms. The number of carbonyl (C=O) groups excluding carboxylic acids is 1. The van der Waals surface area contributed by atoms with Crippen LogP contribution in [0.3, 0.4) is 0 Å². The van der Waals surface area contributed by atoms with Gasteiger partial charge in [0.2, 0.25) is 0 Å². The van der Waals surface area contributed by atoms with Gasteiger partial charge in [-0.25, -0.2) is 9.48 Å². The Bertz CT molecular complexity index is 1330. The first-order valence-electron chi connectivity index (χ1n) is 10.3. The van der Waals surface area contributed by atoms with E-state index in [-0.39, 0.29) is 30.7 Å². The van der Waals surface area contributed by atoms with Gasteiger partial charge in [0.1, 0.15) is 17.0 Å². The van der Waals surface area contributed by atoms with Gasteiger partial charge < -0.3 is 9.84 Å². The molecule has 1 saturated carbocycles. The first-order valence-corrected chi connectivity index (χ1v) is 11.5. The number of amides is 1. The number of thiophene rings is 1. The number of carbonyl (C=O) groups is 1. The Hall–Kier alpha value is -3.17. The van der Waals surface area contributed by atoms with Crippen molar-refractivity contribution in [3.63, 3.8) is 0 Å². The van der Waals surface area contributed by atoms with Gasteiger partial charge in [-0.3, -0.25) is 9.36 Å². The van der Waals surface area contributed by atoms with Gasteiger partial charge in [0, 0.05) is 18.2 Å². The normalized spacial score (nSPS) is 13.4. The Kier molecular flexibility index (Phi) is 5.44. The number of aromatic nitrogens is 4. The Morgan fingerprint density at radius 1 is 1.28 bits per heavy atom. The Morgan fingerprint density at radius 3 is 2.81 bits per heavy atom. The standard InChI is InChI=1S/C22H20ClN5O3S/c1-13-18(19(26-31-13)15-5-2-3-6-16(15)23)21(29)24-10-11-27-22(30)28(14-8-9-14)20(25-27)17-7-4-12-32-17/h2-7,12,14H,8-11H2,1H3,(H,24,29). The molecular weight excluding hydrogens is 450 g/mol. The van der Waals surface area contributed by atoms with Crippen LogP contribution < -0.4 is 11.0 Å². The Balaban J connectivity index is 1.34. The molecule has 1 aromatic carbocycles. The summed E-state index contributed by atoms with van der Waals surface area (Å²) < 4.78 is 8.46. The van der Waals surface area contributed by atoms with Crippen molar-refractivity contribution >= 4 is 28.8 Å². The summed E-state index contributed by atoms with van der Waals surface area (Å²) in [6, 6.07) is 11.3. The number of nitrogens with one attached hydrogen (secondary N) is 1. The Labute approximate surface area is 192 Å². The molecule has 10 heteroatoms. The van der Waals surface area contributed by atoms with Crippen molar-refractivity contribution in [1.82, 2.24) is 24.8 Å². The van der Waals surface area contributed by atoms with E-state index in [4.69, 9.17) is 16.1 Å². The molecule has 3 heterocycles. The molecule has 0 bridgehead atoms. The smallest absolute Gasteiger partial charge is 0.346 e. The molecule has 0 atom stereocenters. The lowest BCUT2D eigenvalue weighted by Gasteiger charge is -2.06. The van der Waals surface area contributed by atoms with Crippen molar-refractivity contribution in [3.05, 3.63) is 68.6 Å². The third-order valence-electron chi connectivity index (χ3n) is 5.35. The minimum Gasteiger partial charge on any atom is -0.360 e. The van der Waals surface area contributed by atoms with Crippen molar-refractivity contribution in [2.75, 3.05) is 6.54 Å². The molecule has 1 aliphatic rings. The van der Waals surface area contributed by atoms with Crippen LogP contribution in [0.4, 0.5) is 0 Å². The van der Waals surface area contributed by atoms with Crippen LogP contribution in [0.1, 0.15) is 35.0 Å². The lowest BCUT2D eigenvalue weighted by atomic mass is 10.1. The molecule has 0 radical (unpaired) electrons. The van der Waals surface area contributed by atoms with Crippen molar-refractivity contribution in [2.45, 2.75) is 32.4 Å². The quantitative estimate of drug-likeness (QED) is 0.438. The summed E-state index contributed by atoms with van der Waals surface area (Å²) in [4.78, 5) is 26.8. The lowest BCUT2D eigenvalue weighted by molar-refractivity contribution is 0.0951.